The lowest BCUT2D eigenvalue weighted by molar-refractivity contribution is 0.515. The Morgan fingerprint density at radius 3 is 2.32 bits per heavy atom. The summed E-state index contributed by atoms with van der Waals surface area (Å²) in [4.78, 5) is -0.532. The van der Waals surface area contributed by atoms with Crippen molar-refractivity contribution in [3.05, 3.63) is 65.7 Å². The van der Waals surface area contributed by atoms with Crippen LogP contribution in [0.3, 0.4) is 0 Å². The molecule has 0 heterocycles. The minimum Gasteiger partial charge on any atom is -0.207 e. The lowest BCUT2D eigenvalue weighted by Gasteiger charge is -2.19. The summed E-state index contributed by atoms with van der Waals surface area (Å²) in [5, 5.41) is 0. The van der Waals surface area contributed by atoms with Crippen molar-refractivity contribution in [1.29, 1.82) is 0 Å². The average Bonchev–Trinajstić information content (AvgIpc) is 3.30. The number of benzene rings is 2. The standard InChI is InChI=1S/C16H15F2NO2S/c17-13-8-9-15(14(18)10-13)22(20,21)19-16(12-6-7-12)11-4-2-1-3-5-11/h1-5,8-10,12,16,19H,6-7H2. The van der Waals surface area contributed by atoms with Gasteiger partial charge in [-0.1, -0.05) is 30.3 Å². The lowest BCUT2D eigenvalue weighted by atomic mass is 10.0. The second-order valence-electron chi connectivity index (χ2n) is 5.42. The van der Waals surface area contributed by atoms with Crippen LogP contribution in [-0.4, -0.2) is 8.42 Å². The first-order valence-electron chi connectivity index (χ1n) is 7.00. The fourth-order valence-corrected chi connectivity index (χ4v) is 3.80. The second kappa shape index (κ2) is 5.78. The number of hydrogen-bond acceptors (Lipinski definition) is 2. The van der Waals surface area contributed by atoms with E-state index in [-0.39, 0.29) is 5.92 Å². The van der Waals surface area contributed by atoms with Gasteiger partial charge >= 0.3 is 0 Å². The summed E-state index contributed by atoms with van der Waals surface area (Å²) in [6, 6.07) is 11.3. The number of hydrogen-bond donors (Lipinski definition) is 1. The molecule has 1 aliphatic carbocycles. The Balaban J connectivity index is 1.92. The van der Waals surface area contributed by atoms with Crippen LogP contribution in [0.25, 0.3) is 0 Å². The highest BCUT2D eigenvalue weighted by Crippen LogP contribution is 2.41. The maximum absolute atomic E-state index is 13.8. The van der Waals surface area contributed by atoms with Crippen LogP contribution in [0.4, 0.5) is 8.78 Å². The van der Waals surface area contributed by atoms with E-state index in [9.17, 15) is 17.2 Å². The van der Waals surface area contributed by atoms with Crippen LogP contribution in [0.1, 0.15) is 24.4 Å². The highest BCUT2D eigenvalue weighted by atomic mass is 32.2. The average molecular weight is 323 g/mol. The molecule has 6 heteroatoms. The Kier molecular flexibility index (Phi) is 3.97. The Morgan fingerprint density at radius 2 is 1.73 bits per heavy atom. The minimum absolute atomic E-state index is 0.209. The van der Waals surface area contributed by atoms with Crippen molar-refractivity contribution >= 4 is 10.0 Å². The van der Waals surface area contributed by atoms with Crippen LogP contribution < -0.4 is 4.72 Å². The van der Waals surface area contributed by atoms with E-state index >= 15 is 0 Å². The third kappa shape index (κ3) is 3.18. The van der Waals surface area contributed by atoms with Gasteiger partial charge in [-0.2, -0.15) is 0 Å². The predicted molar refractivity (Wildman–Crippen MR) is 78.6 cm³/mol. The summed E-state index contributed by atoms with van der Waals surface area (Å²) in [7, 11) is -4.05. The molecule has 0 aromatic heterocycles. The largest absolute Gasteiger partial charge is 0.244 e. The van der Waals surface area contributed by atoms with Crippen molar-refractivity contribution in [2.45, 2.75) is 23.8 Å². The van der Waals surface area contributed by atoms with Gasteiger partial charge in [0.25, 0.3) is 0 Å². The molecule has 116 valence electrons. The molecular weight excluding hydrogens is 308 g/mol. The maximum atomic E-state index is 13.8. The van der Waals surface area contributed by atoms with Gasteiger partial charge < -0.3 is 0 Å². The number of halogens is 2. The van der Waals surface area contributed by atoms with E-state index in [1.807, 2.05) is 30.3 Å². The highest BCUT2D eigenvalue weighted by Gasteiger charge is 2.36. The van der Waals surface area contributed by atoms with Crippen LogP contribution in [0.2, 0.25) is 0 Å². The molecule has 22 heavy (non-hydrogen) atoms. The summed E-state index contributed by atoms with van der Waals surface area (Å²) in [6.45, 7) is 0. The number of rotatable bonds is 5. The van der Waals surface area contributed by atoms with E-state index in [4.69, 9.17) is 0 Å². The van der Waals surface area contributed by atoms with Gasteiger partial charge in [-0.15, -0.1) is 0 Å². The molecule has 1 unspecified atom stereocenters. The van der Waals surface area contributed by atoms with Gasteiger partial charge in [0, 0.05) is 12.1 Å². The molecule has 1 atom stereocenters. The van der Waals surface area contributed by atoms with E-state index in [1.54, 1.807) is 0 Å². The van der Waals surface area contributed by atoms with Gasteiger partial charge in [0.15, 0.2) is 0 Å². The fourth-order valence-electron chi connectivity index (χ4n) is 2.45. The molecule has 3 nitrogen and oxygen atoms in total. The zero-order valence-corrected chi connectivity index (χ0v) is 12.5. The molecule has 0 bridgehead atoms. The van der Waals surface area contributed by atoms with Gasteiger partial charge in [0.05, 0.1) is 0 Å². The second-order valence-corrected chi connectivity index (χ2v) is 7.10. The maximum Gasteiger partial charge on any atom is 0.244 e. The molecule has 1 aliphatic rings. The number of sulfonamides is 1. The van der Waals surface area contributed by atoms with Gasteiger partial charge in [-0.3, -0.25) is 0 Å². The van der Waals surface area contributed by atoms with Crippen molar-refractivity contribution < 1.29 is 17.2 Å². The molecule has 0 radical (unpaired) electrons. The van der Waals surface area contributed by atoms with E-state index in [2.05, 4.69) is 4.72 Å². The first-order chi connectivity index (χ1) is 10.5. The topological polar surface area (TPSA) is 46.2 Å². The van der Waals surface area contributed by atoms with Crippen molar-refractivity contribution in [1.82, 2.24) is 4.72 Å². The number of nitrogens with one attached hydrogen (secondary N) is 1. The molecule has 0 aliphatic heterocycles. The molecular formula is C16H15F2NO2S. The van der Waals surface area contributed by atoms with Crippen LogP contribution in [0, 0.1) is 17.6 Å². The third-order valence-electron chi connectivity index (χ3n) is 3.72. The van der Waals surface area contributed by atoms with Crippen molar-refractivity contribution in [2.75, 3.05) is 0 Å². The summed E-state index contributed by atoms with van der Waals surface area (Å²) >= 11 is 0. The lowest BCUT2D eigenvalue weighted by Crippen LogP contribution is -2.30. The van der Waals surface area contributed by atoms with E-state index in [1.165, 1.54) is 0 Å². The Hall–Kier alpha value is -1.79. The van der Waals surface area contributed by atoms with Gasteiger partial charge in [0.2, 0.25) is 10.0 Å². The van der Waals surface area contributed by atoms with Crippen LogP contribution in [-0.2, 0) is 10.0 Å². The highest BCUT2D eigenvalue weighted by molar-refractivity contribution is 7.89. The molecule has 1 saturated carbocycles. The minimum atomic E-state index is -4.05. The van der Waals surface area contributed by atoms with Crippen LogP contribution >= 0.6 is 0 Å². The smallest absolute Gasteiger partial charge is 0.207 e. The van der Waals surface area contributed by atoms with E-state index in [0.717, 1.165) is 30.5 Å². The SMILES string of the molecule is O=S(=O)(NC(c1ccccc1)C1CC1)c1ccc(F)cc1F. The molecule has 2 aromatic carbocycles. The van der Waals surface area contributed by atoms with Gasteiger partial charge in [0.1, 0.15) is 16.5 Å². The zero-order valence-electron chi connectivity index (χ0n) is 11.7. The summed E-state index contributed by atoms with van der Waals surface area (Å²) in [5.74, 6) is -1.69. The first-order valence-corrected chi connectivity index (χ1v) is 8.48. The molecule has 1 N–H and O–H groups in total. The molecule has 1 fully saturated rings. The first kappa shape index (κ1) is 15.1. The summed E-state index contributed by atoms with van der Waals surface area (Å²) in [5.41, 5.74) is 0.844. The quantitative estimate of drug-likeness (QED) is 0.917. The normalized spacial score (nSPS) is 16.5. The fraction of sp³-hybridized carbons (Fsp3) is 0.250. The monoisotopic (exact) mass is 323 g/mol. The molecule has 3 rings (SSSR count). The molecule has 2 aromatic rings. The van der Waals surface area contributed by atoms with Crippen LogP contribution in [0.15, 0.2) is 53.4 Å². The van der Waals surface area contributed by atoms with Crippen molar-refractivity contribution in [3.8, 4) is 0 Å². The molecule has 0 spiro atoms. The van der Waals surface area contributed by atoms with Gasteiger partial charge in [-0.25, -0.2) is 21.9 Å². The third-order valence-corrected chi connectivity index (χ3v) is 5.19. The van der Waals surface area contributed by atoms with Crippen molar-refractivity contribution in [2.24, 2.45) is 5.92 Å². The zero-order chi connectivity index (χ0) is 15.7. The molecule has 0 saturated heterocycles. The Morgan fingerprint density at radius 1 is 1.05 bits per heavy atom. The van der Waals surface area contributed by atoms with Gasteiger partial charge in [-0.05, 0) is 36.5 Å². The Bertz CT molecular complexity index is 774. The van der Waals surface area contributed by atoms with Crippen molar-refractivity contribution in [3.63, 3.8) is 0 Å². The van der Waals surface area contributed by atoms with E-state index < -0.39 is 32.6 Å². The Labute approximate surface area is 128 Å². The van der Waals surface area contributed by atoms with E-state index in [0.29, 0.717) is 6.07 Å². The van der Waals surface area contributed by atoms with Crippen LogP contribution in [0.5, 0.6) is 0 Å². The molecule has 0 amide bonds. The summed E-state index contributed by atoms with van der Waals surface area (Å²) in [6.07, 6.45) is 1.85. The summed E-state index contributed by atoms with van der Waals surface area (Å²) < 4.78 is 54.1. The predicted octanol–water partition coefficient (Wildman–Crippen LogP) is 3.39.